The first-order valence-electron chi connectivity index (χ1n) is 9.73. The van der Waals surface area contributed by atoms with E-state index in [1.54, 1.807) is 23.5 Å². The summed E-state index contributed by atoms with van der Waals surface area (Å²) in [5.41, 5.74) is 1.55. The number of nitrogens with one attached hydrogen (secondary N) is 2. The molecule has 2 aromatic rings. The summed E-state index contributed by atoms with van der Waals surface area (Å²) in [6.07, 6.45) is 0.944. The Morgan fingerprint density at radius 3 is 2.39 bits per heavy atom. The van der Waals surface area contributed by atoms with Crippen molar-refractivity contribution in [2.24, 2.45) is 0 Å². The molecule has 8 heteroatoms. The molecule has 0 bridgehead atoms. The molecule has 0 spiro atoms. The Labute approximate surface area is 169 Å². The van der Waals surface area contributed by atoms with Crippen molar-refractivity contribution in [3.8, 4) is 17.2 Å². The average molecular weight is 407 g/mol. The normalized spacial score (nSPS) is 15.6. The van der Waals surface area contributed by atoms with E-state index in [4.69, 9.17) is 14.2 Å². The van der Waals surface area contributed by atoms with Gasteiger partial charge in [0.1, 0.15) is 6.54 Å². The summed E-state index contributed by atoms with van der Waals surface area (Å²) in [5.74, 6) is 1.29. The van der Waals surface area contributed by atoms with E-state index in [0.717, 1.165) is 25.2 Å². The third-order valence-electron chi connectivity index (χ3n) is 4.42. The predicted molar refractivity (Wildman–Crippen MR) is 109 cm³/mol. The number of nitrogens with zero attached hydrogens (tertiary/aromatic N) is 1. The van der Waals surface area contributed by atoms with Gasteiger partial charge >= 0.3 is 0 Å². The van der Waals surface area contributed by atoms with Gasteiger partial charge in [0.25, 0.3) is 5.91 Å². The second-order valence-electron chi connectivity index (χ2n) is 6.58. The molecule has 1 aliphatic rings. The highest BCUT2D eigenvalue weighted by Crippen LogP contribution is 2.39. The largest absolute Gasteiger partial charge is 0.490 e. The van der Waals surface area contributed by atoms with Crippen molar-refractivity contribution in [3.63, 3.8) is 0 Å². The van der Waals surface area contributed by atoms with Crippen LogP contribution in [0.25, 0.3) is 0 Å². The fraction of sp³-hybridized carbons (Fsp3) is 0.500. The topological polar surface area (TPSA) is 74.1 Å². The Bertz CT molecular complexity index is 810. The highest BCUT2D eigenvalue weighted by molar-refractivity contribution is 7.15. The standard InChI is InChI=1S/C20H27N3O4S/c1-5-25-15-10-13(11-16(26-6-2)18(15)27-7-3)19(24)22-20-21-14-8-9-23(4)12-17(14)28-20/h10-11H,5-9,12H2,1-4H3,(H,21,22,24)/p+1. The van der Waals surface area contributed by atoms with Crippen LogP contribution in [0.1, 0.15) is 41.7 Å². The van der Waals surface area contributed by atoms with E-state index >= 15 is 0 Å². The summed E-state index contributed by atoms with van der Waals surface area (Å²) < 4.78 is 17.1. The monoisotopic (exact) mass is 406 g/mol. The zero-order valence-electron chi connectivity index (χ0n) is 16.9. The van der Waals surface area contributed by atoms with Crippen molar-refractivity contribution in [1.82, 2.24) is 4.98 Å². The molecule has 1 aliphatic heterocycles. The molecule has 1 aromatic heterocycles. The number of anilines is 1. The van der Waals surface area contributed by atoms with Crippen LogP contribution in [0, 0.1) is 0 Å². The Balaban J connectivity index is 1.86. The zero-order chi connectivity index (χ0) is 20.1. The van der Waals surface area contributed by atoms with Gasteiger partial charge in [-0.2, -0.15) is 0 Å². The van der Waals surface area contributed by atoms with E-state index in [1.165, 1.54) is 9.78 Å². The second-order valence-corrected chi connectivity index (χ2v) is 7.66. The maximum Gasteiger partial charge on any atom is 0.257 e. The van der Waals surface area contributed by atoms with E-state index in [0.29, 0.717) is 47.8 Å². The average Bonchev–Trinajstić information content (AvgIpc) is 3.05. The molecular weight excluding hydrogens is 378 g/mol. The number of carbonyl (C=O) groups is 1. The Morgan fingerprint density at radius 1 is 1.14 bits per heavy atom. The number of aromatic nitrogens is 1. The number of thiazole rings is 1. The van der Waals surface area contributed by atoms with Crippen LogP contribution in [0.5, 0.6) is 17.2 Å². The van der Waals surface area contributed by atoms with Crippen LogP contribution >= 0.6 is 11.3 Å². The molecule has 1 unspecified atom stereocenters. The lowest BCUT2D eigenvalue weighted by Gasteiger charge is -2.17. The second kappa shape index (κ2) is 9.25. The minimum Gasteiger partial charge on any atom is -0.490 e. The Morgan fingerprint density at radius 2 is 1.79 bits per heavy atom. The minimum absolute atomic E-state index is 0.239. The molecule has 1 amide bonds. The van der Waals surface area contributed by atoms with Crippen LogP contribution in [0.2, 0.25) is 0 Å². The lowest BCUT2D eigenvalue weighted by molar-refractivity contribution is -0.895. The summed E-state index contributed by atoms with van der Waals surface area (Å²) in [6.45, 7) is 9.11. The number of carbonyl (C=O) groups excluding carboxylic acids is 1. The van der Waals surface area contributed by atoms with Crippen molar-refractivity contribution in [2.45, 2.75) is 33.7 Å². The van der Waals surface area contributed by atoms with E-state index < -0.39 is 0 Å². The molecule has 1 atom stereocenters. The van der Waals surface area contributed by atoms with Crippen LogP contribution in [0.15, 0.2) is 12.1 Å². The maximum absolute atomic E-state index is 12.9. The van der Waals surface area contributed by atoms with E-state index in [2.05, 4.69) is 17.3 Å². The molecule has 0 fully saturated rings. The summed E-state index contributed by atoms with van der Waals surface area (Å²) >= 11 is 1.55. The third-order valence-corrected chi connectivity index (χ3v) is 5.43. The van der Waals surface area contributed by atoms with E-state index in [9.17, 15) is 4.79 Å². The number of amides is 1. The highest BCUT2D eigenvalue weighted by atomic mass is 32.1. The van der Waals surface area contributed by atoms with Crippen LogP contribution in [0.3, 0.4) is 0 Å². The lowest BCUT2D eigenvalue weighted by Crippen LogP contribution is -3.08. The van der Waals surface area contributed by atoms with Crippen molar-refractivity contribution in [1.29, 1.82) is 0 Å². The van der Waals surface area contributed by atoms with Crippen LogP contribution < -0.4 is 24.4 Å². The zero-order valence-corrected chi connectivity index (χ0v) is 17.7. The molecule has 0 saturated heterocycles. The molecule has 0 aliphatic carbocycles. The Hall–Kier alpha value is -2.32. The van der Waals surface area contributed by atoms with Gasteiger partial charge in [0.2, 0.25) is 5.75 Å². The van der Waals surface area contributed by atoms with E-state index in [1.807, 2.05) is 20.8 Å². The predicted octanol–water partition coefficient (Wildman–Crippen LogP) is 2.16. The molecule has 2 heterocycles. The number of fused-ring (bicyclic) bond motifs is 1. The lowest BCUT2D eigenvalue weighted by atomic mass is 10.1. The number of rotatable bonds is 8. The number of quaternary nitrogens is 1. The molecule has 7 nitrogen and oxygen atoms in total. The first-order valence-corrected chi connectivity index (χ1v) is 10.5. The van der Waals surface area contributed by atoms with Crippen molar-refractivity contribution < 1.29 is 23.9 Å². The van der Waals surface area contributed by atoms with Gasteiger partial charge < -0.3 is 19.1 Å². The van der Waals surface area contributed by atoms with Crippen molar-refractivity contribution in [3.05, 3.63) is 28.3 Å². The first kappa shape index (κ1) is 20.4. The van der Waals surface area contributed by atoms with Crippen LogP contribution in [0.4, 0.5) is 5.13 Å². The number of ether oxygens (including phenoxy) is 3. The molecule has 1 aromatic carbocycles. The third kappa shape index (κ3) is 4.56. The molecule has 28 heavy (non-hydrogen) atoms. The first-order chi connectivity index (χ1) is 13.5. The number of likely N-dealkylation sites (N-methyl/N-ethyl adjacent to an activating group) is 1. The summed E-state index contributed by atoms with van der Waals surface area (Å²) in [6, 6.07) is 3.38. The van der Waals surface area contributed by atoms with Gasteiger partial charge in [-0.05, 0) is 32.9 Å². The fourth-order valence-electron chi connectivity index (χ4n) is 3.15. The summed E-state index contributed by atoms with van der Waals surface area (Å²) in [7, 11) is 2.17. The fourth-order valence-corrected chi connectivity index (χ4v) is 4.27. The van der Waals surface area contributed by atoms with Gasteiger partial charge in [0.05, 0.1) is 44.0 Å². The Kier molecular flexibility index (Phi) is 6.74. The molecule has 3 rings (SSSR count). The van der Waals surface area contributed by atoms with Crippen LogP contribution in [-0.2, 0) is 13.0 Å². The molecular formula is C20H28N3O4S+. The minimum atomic E-state index is -0.239. The summed E-state index contributed by atoms with van der Waals surface area (Å²) in [5, 5.41) is 3.56. The quantitative estimate of drug-likeness (QED) is 0.703. The molecule has 0 radical (unpaired) electrons. The van der Waals surface area contributed by atoms with E-state index in [-0.39, 0.29) is 5.91 Å². The summed E-state index contributed by atoms with van der Waals surface area (Å²) in [4.78, 5) is 20.2. The number of benzene rings is 1. The SMILES string of the molecule is CCOc1cc(C(=O)Nc2nc3c(s2)C[NH+](C)CC3)cc(OCC)c1OCC. The molecule has 152 valence electrons. The number of hydrogen-bond acceptors (Lipinski definition) is 6. The van der Waals surface area contributed by atoms with Gasteiger partial charge in [-0.3, -0.25) is 10.1 Å². The van der Waals surface area contributed by atoms with Crippen LogP contribution in [-0.4, -0.2) is 44.3 Å². The molecule has 0 saturated carbocycles. The van der Waals surface area contributed by atoms with Gasteiger partial charge in [-0.1, -0.05) is 11.3 Å². The van der Waals surface area contributed by atoms with Gasteiger partial charge in [-0.25, -0.2) is 4.98 Å². The van der Waals surface area contributed by atoms with Crippen molar-refractivity contribution >= 4 is 22.4 Å². The smallest absolute Gasteiger partial charge is 0.257 e. The van der Waals surface area contributed by atoms with Gasteiger partial charge in [0, 0.05) is 12.0 Å². The van der Waals surface area contributed by atoms with Crippen molar-refractivity contribution in [2.75, 3.05) is 38.7 Å². The number of hydrogen-bond donors (Lipinski definition) is 2. The van der Waals surface area contributed by atoms with Gasteiger partial charge in [-0.15, -0.1) is 0 Å². The molecule has 2 N–H and O–H groups in total. The van der Waals surface area contributed by atoms with Gasteiger partial charge in [0.15, 0.2) is 16.6 Å². The highest BCUT2D eigenvalue weighted by Gasteiger charge is 2.23. The maximum atomic E-state index is 12.9.